The summed E-state index contributed by atoms with van der Waals surface area (Å²) in [4.78, 5) is 13.1. The van der Waals surface area contributed by atoms with E-state index in [1.165, 1.54) is 263 Å². The lowest BCUT2D eigenvalue weighted by Gasteiger charge is -2.40. The summed E-state index contributed by atoms with van der Waals surface area (Å²) in [5.41, 5.74) is 0. The third-order valence-electron chi connectivity index (χ3n) is 16.1. The van der Waals surface area contributed by atoms with Crippen LogP contribution in [0.2, 0.25) is 0 Å². The number of allylic oxidation sites excluding steroid dienone is 7. The lowest BCUT2D eigenvalue weighted by atomic mass is 9.99. The van der Waals surface area contributed by atoms with Gasteiger partial charge in [0.25, 0.3) is 0 Å². The summed E-state index contributed by atoms with van der Waals surface area (Å²) < 4.78 is 11.3. The first-order chi connectivity index (χ1) is 38.3. The Morgan fingerprint density at radius 1 is 0.436 bits per heavy atom. The van der Waals surface area contributed by atoms with Gasteiger partial charge in [-0.25, -0.2) is 0 Å². The number of unbranched alkanes of at least 4 members (excludes halogenated alkanes) is 43. The molecule has 1 saturated heterocycles. The highest BCUT2D eigenvalue weighted by atomic mass is 16.7. The van der Waals surface area contributed by atoms with Gasteiger partial charge in [0.2, 0.25) is 5.91 Å². The molecule has 1 aliphatic rings. The predicted octanol–water partition coefficient (Wildman–Crippen LogP) is 18.0. The van der Waals surface area contributed by atoms with Gasteiger partial charge in [-0.15, -0.1) is 0 Å². The van der Waals surface area contributed by atoms with E-state index in [4.69, 9.17) is 9.47 Å². The smallest absolute Gasteiger partial charge is 0.220 e. The van der Waals surface area contributed by atoms with Crippen LogP contribution in [0.25, 0.3) is 0 Å². The van der Waals surface area contributed by atoms with E-state index in [-0.39, 0.29) is 12.5 Å². The van der Waals surface area contributed by atoms with Crippen LogP contribution in [0.4, 0.5) is 0 Å². The number of ether oxygens (including phenoxy) is 2. The largest absolute Gasteiger partial charge is 0.394 e. The molecule has 78 heavy (non-hydrogen) atoms. The molecule has 0 bridgehead atoms. The summed E-state index contributed by atoms with van der Waals surface area (Å²) in [6.45, 7) is 3.79. The summed E-state index contributed by atoms with van der Waals surface area (Å²) in [6, 6.07) is -0.821. The monoisotopic (exact) mass is 1100 g/mol. The molecule has 1 aliphatic heterocycles. The van der Waals surface area contributed by atoms with Crippen molar-refractivity contribution in [1.29, 1.82) is 0 Å². The number of carbonyl (C=O) groups is 1. The van der Waals surface area contributed by atoms with Crippen molar-refractivity contribution in [2.45, 2.75) is 371 Å². The van der Waals surface area contributed by atoms with Gasteiger partial charge in [-0.3, -0.25) is 4.79 Å². The van der Waals surface area contributed by atoms with E-state index in [1.807, 2.05) is 6.08 Å². The van der Waals surface area contributed by atoms with Crippen molar-refractivity contribution in [1.82, 2.24) is 5.32 Å². The Bertz CT molecular complexity index is 1370. The van der Waals surface area contributed by atoms with Crippen molar-refractivity contribution >= 4 is 5.91 Å². The average Bonchev–Trinajstić information content (AvgIpc) is 3.45. The Kier molecular flexibility index (Phi) is 55.5. The average molecular weight is 1100 g/mol. The number of hydrogen-bond acceptors (Lipinski definition) is 8. The molecule has 1 heterocycles. The van der Waals surface area contributed by atoms with Gasteiger partial charge in [0, 0.05) is 6.42 Å². The Balaban J connectivity index is 2.08. The lowest BCUT2D eigenvalue weighted by Crippen LogP contribution is -2.60. The topological polar surface area (TPSA) is 149 Å². The SMILES string of the molecule is CCCCCCC/C=C\C/C=C\CCCCCCCCCCCCCCCCCCCCCCCCCCCC(=O)NC(COC1OC(CO)C(O)C(O)C1O)C(O)/C=C/CC/C=C/CCCCCCCCCCCCCC. The van der Waals surface area contributed by atoms with Crippen LogP contribution >= 0.6 is 0 Å². The molecule has 0 saturated carbocycles. The predicted molar refractivity (Wildman–Crippen MR) is 332 cm³/mol. The number of carbonyl (C=O) groups excluding carboxylic acids is 1. The van der Waals surface area contributed by atoms with Crippen LogP contribution in [0.3, 0.4) is 0 Å². The van der Waals surface area contributed by atoms with E-state index in [0.717, 1.165) is 44.9 Å². The number of amides is 1. The maximum atomic E-state index is 13.1. The number of aliphatic hydroxyl groups is 5. The van der Waals surface area contributed by atoms with Gasteiger partial charge in [-0.1, -0.05) is 306 Å². The van der Waals surface area contributed by atoms with E-state index < -0.39 is 49.5 Å². The van der Waals surface area contributed by atoms with Crippen LogP contribution in [-0.4, -0.2) is 87.5 Å². The molecule has 0 aromatic rings. The fourth-order valence-electron chi connectivity index (χ4n) is 10.8. The molecule has 1 amide bonds. The minimum atomic E-state index is -1.57. The minimum absolute atomic E-state index is 0.181. The zero-order valence-electron chi connectivity index (χ0n) is 51.2. The van der Waals surface area contributed by atoms with E-state index in [2.05, 4.69) is 55.6 Å². The number of nitrogens with one attached hydrogen (secondary N) is 1. The number of rotatable bonds is 59. The highest BCUT2D eigenvalue weighted by molar-refractivity contribution is 5.76. The second kappa shape index (κ2) is 58.4. The molecule has 7 atom stereocenters. The molecule has 458 valence electrons. The first kappa shape index (κ1) is 74.2. The third kappa shape index (κ3) is 46.7. The van der Waals surface area contributed by atoms with E-state index in [9.17, 15) is 30.3 Å². The minimum Gasteiger partial charge on any atom is -0.394 e. The molecular formula is C69H129NO8. The Hall–Kier alpha value is -1.85. The maximum Gasteiger partial charge on any atom is 0.220 e. The van der Waals surface area contributed by atoms with Crippen LogP contribution in [0, 0.1) is 0 Å². The molecule has 0 radical (unpaired) electrons. The zero-order chi connectivity index (χ0) is 56.5. The summed E-state index contributed by atoms with van der Waals surface area (Å²) >= 11 is 0. The molecule has 0 aromatic carbocycles. The number of hydrogen-bond donors (Lipinski definition) is 6. The molecule has 9 heteroatoms. The molecule has 0 aliphatic carbocycles. The first-order valence-corrected chi connectivity index (χ1v) is 33.9. The molecule has 7 unspecified atom stereocenters. The van der Waals surface area contributed by atoms with Crippen LogP contribution in [0.15, 0.2) is 48.6 Å². The fraction of sp³-hybridized carbons (Fsp3) is 0.870. The zero-order valence-corrected chi connectivity index (χ0v) is 51.2. The molecule has 9 nitrogen and oxygen atoms in total. The molecule has 0 spiro atoms. The van der Waals surface area contributed by atoms with Gasteiger partial charge in [-0.05, 0) is 64.2 Å². The quantitative estimate of drug-likeness (QED) is 0.0261. The third-order valence-corrected chi connectivity index (χ3v) is 16.1. The van der Waals surface area contributed by atoms with Gasteiger partial charge < -0.3 is 40.3 Å². The van der Waals surface area contributed by atoms with Gasteiger partial charge in [0.15, 0.2) is 6.29 Å². The van der Waals surface area contributed by atoms with Crippen LogP contribution in [0.1, 0.15) is 328 Å². The van der Waals surface area contributed by atoms with Crippen molar-refractivity contribution in [2.75, 3.05) is 13.2 Å². The van der Waals surface area contributed by atoms with Crippen molar-refractivity contribution in [3.63, 3.8) is 0 Å². The van der Waals surface area contributed by atoms with Gasteiger partial charge >= 0.3 is 0 Å². The maximum absolute atomic E-state index is 13.1. The Labute approximate surface area is 482 Å². The molecule has 1 rings (SSSR count). The van der Waals surface area contributed by atoms with Gasteiger partial charge in [0.1, 0.15) is 24.4 Å². The van der Waals surface area contributed by atoms with Crippen molar-refractivity contribution in [3.8, 4) is 0 Å². The normalized spacial score (nSPS) is 18.9. The number of aliphatic hydroxyl groups excluding tert-OH is 5. The van der Waals surface area contributed by atoms with Gasteiger partial charge in [0.05, 0.1) is 25.4 Å². The second-order valence-corrected chi connectivity index (χ2v) is 23.6. The van der Waals surface area contributed by atoms with Crippen molar-refractivity contribution < 1.29 is 39.8 Å². The first-order valence-electron chi connectivity index (χ1n) is 33.9. The van der Waals surface area contributed by atoms with Crippen molar-refractivity contribution in [3.05, 3.63) is 48.6 Å². The Morgan fingerprint density at radius 2 is 0.769 bits per heavy atom. The van der Waals surface area contributed by atoms with Crippen molar-refractivity contribution in [2.24, 2.45) is 0 Å². The van der Waals surface area contributed by atoms with Gasteiger partial charge in [-0.2, -0.15) is 0 Å². The highest BCUT2D eigenvalue weighted by Gasteiger charge is 2.44. The van der Waals surface area contributed by atoms with E-state index in [0.29, 0.717) is 6.42 Å². The summed E-state index contributed by atoms with van der Waals surface area (Å²) in [5.74, 6) is -0.181. The van der Waals surface area contributed by atoms with Crippen LogP contribution in [-0.2, 0) is 14.3 Å². The lowest BCUT2D eigenvalue weighted by molar-refractivity contribution is -0.302. The summed E-state index contributed by atoms with van der Waals surface area (Å²) in [5, 5.41) is 54.6. The Morgan fingerprint density at radius 3 is 1.15 bits per heavy atom. The van der Waals surface area contributed by atoms with E-state index >= 15 is 0 Å². The molecular weight excluding hydrogens is 971 g/mol. The summed E-state index contributed by atoms with van der Waals surface area (Å²) in [7, 11) is 0. The highest BCUT2D eigenvalue weighted by Crippen LogP contribution is 2.23. The second-order valence-electron chi connectivity index (χ2n) is 23.6. The molecule has 0 aromatic heterocycles. The molecule has 6 N–H and O–H groups in total. The molecule has 1 fully saturated rings. The van der Waals surface area contributed by atoms with Crippen LogP contribution < -0.4 is 5.32 Å². The van der Waals surface area contributed by atoms with E-state index in [1.54, 1.807) is 6.08 Å². The summed E-state index contributed by atoms with van der Waals surface area (Å²) in [6.07, 6.45) is 72.2. The standard InChI is InChI=1S/C69H129NO8/c1-3-5-7-9-11-13-15-17-19-21-23-24-25-26-27-28-29-30-31-32-33-34-35-36-37-38-39-40-41-43-45-47-49-51-53-55-57-59-65(73)70-62(61-77-69-68(76)67(75)66(74)64(60-71)78-69)63(72)58-56-54-52-50-48-46-44-42-22-20-18-16-14-12-10-8-6-4-2/h15,17,21,23,48,50,56,58,62-64,66-69,71-72,74-76H,3-14,16,18-20,22,24-47,49,51-55,57,59-61H2,1-2H3,(H,70,73)/b17-15-,23-21-,50-48+,58-56+. The van der Waals surface area contributed by atoms with Crippen LogP contribution in [0.5, 0.6) is 0 Å². The fourth-order valence-corrected chi connectivity index (χ4v) is 10.8.